The van der Waals surface area contributed by atoms with E-state index in [1.807, 2.05) is 18.2 Å². The van der Waals surface area contributed by atoms with Crippen molar-refractivity contribution in [3.8, 4) is 0 Å². The Balaban J connectivity index is 1.60. The molecule has 0 bridgehead atoms. The fraction of sp³-hybridized carbons (Fsp3) is 0.167. The Hall–Kier alpha value is -2.66. The zero-order valence-electron chi connectivity index (χ0n) is 12.8. The second kappa shape index (κ2) is 7.27. The number of benzene rings is 2. The summed E-state index contributed by atoms with van der Waals surface area (Å²) >= 11 is 6.01. The molecular weight excluding hydrogens is 328 g/mol. The molecule has 5 nitrogen and oxygen atoms in total. The van der Waals surface area contributed by atoms with Crippen LogP contribution in [0.15, 0.2) is 53.3 Å². The van der Waals surface area contributed by atoms with Crippen molar-refractivity contribution in [2.45, 2.75) is 19.4 Å². The van der Waals surface area contributed by atoms with Crippen molar-refractivity contribution in [3.63, 3.8) is 0 Å². The van der Waals surface area contributed by atoms with Crippen LogP contribution in [-0.2, 0) is 22.6 Å². The number of carbonyl (C=O) groups excluding carboxylic acids is 1. The molecule has 2 aromatic carbocycles. The summed E-state index contributed by atoms with van der Waals surface area (Å²) in [5, 5.41) is 1.09. The molecule has 1 heterocycles. The van der Waals surface area contributed by atoms with Crippen molar-refractivity contribution >= 4 is 28.5 Å². The minimum Gasteiger partial charge on any atom is -0.461 e. The number of halogens is 1. The zero-order chi connectivity index (χ0) is 16.9. The van der Waals surface area contributed by atoms with E-state index in [0.29, 0.717) is 28.2 Å². The van der Waals surface area contributed by atoms with Crippen molar-refractivity contribution < 1.29 is 9.53 Å². The maximum Gasteiger partial charge on any atom is 0.306 e. The lowest BCUT2D eigenvalue weighted by atomic mass is 10.2. The van der Waals surface area contributed by atoms with E-state index in [1.54, 1.807) is 30.3 Å². The molecule has 0 saturated carbocycles. The number of nitrogens with zero attached hydrogens (tertiary/aromatic N) is 1. The van der Waals surface area contributed by atoms with E-state index in [1.165, 1.54) is 0 Å². The Labute approximate surface area is 143 Å². The predicted molar refractivity (Wildman–Crippen MR) is 91.9 cm³/mol. The van der Waals surface area contributed by atoms with Gasteiger partial charge in [0.1, 0.15) is 12.4 Å². The summed E-state index contributed by atoms with van der Waals surface area (Å²) in [5.41, 5.74) is 1.16. The van der Waals surface area contributed by atoms with Gasteiger partial charge in [-0.2, -0.15) is 0 Å². The number of nitrogens with one attached hydrogen (secondary N) is 1. The smallest absolute Gasteiger partial charge is 0.306 e. The third-order valence-electron chi connectivity index (χ3n) is 3.57. The van der Waals surface area contributed by atoms with E-state index in [2.05, 4.69) is 9.97 Å². The zero-order valence-corrected chi connectivity index (χ0v) is 13.5. The number of rotatable bonds is 5. The molecule has 1 aromatic heterocycles. The predicted octanol–water partition coefficient (Wildman–Crippen LogP) is 3.25. The lowest BCUT2D eigenvalue weighted by Crippen LogP contribution is -2.14. The number of aromatic amines is 1. The Bertz CT molecular complexity index is 937. The van der Waals surface area contributed by atoms with Crippen LogP contribution in [0.5, 0.6) is 0 Å². The highest BCUT2D eigenvalue weighted by Gasteiger charge is 2.09. The Kier molecular flexibility index (Phi) is 4.91. The standard InChI is InChI=1S/C18H15ClN2O3/c19-14-7-3-1-5-12(14)11-24-17(22)10-9-16-20-15-8-4-2-6-13(15)18(23)21-16/h1-8H,9-11H2,(H,20,21,23). The first-order valence-electron chi connectivity index (χ1n) is 7.50. The van der Waals surface area contributed by atoms with Crippen LogP contribution in [0.2, 0.25) is 5.02 Å². The molecule has 0 radical (unpaired) electrons. The van der Waals surface area contributed by atoms with Gasteiger partial charge in [-0.1, -0.05) is 41.9 Å². The van der Waals surface area contributed by atoms with Gasteiger partial charge in [0, 0.05) is 17.0 Å². The quantitative estimate of drug-likeness (QED) is 0.722. The summed E-state index contributed by atoms with van der Waals surface area (Å²) < 4.78 is 5.21. The average molecular weight is 343 g/mol. The van der Waals surface area contributed by atoms with E-state index in [9.17, 15) is 9.59 Å². The largest absolute Gasteiger partial charge is 0.461 e. The van der Waals surface area contributed by atoms with Gasteiger partial charge >= 0.3 is 5.97 Å². The molecule has 122 valence electrons. The third-order valence-corrected chi connectivity index (χ3v) is 3.94. The van der Waals surface area contributed by atoms with Gasteiger partial charge in [-0.25, -0.2) is 4.98 Å². The van der Waals surface area contributed by atoms with Gasteiger partial charge < -0.3 is 9.72 Å². The minimum absolute atomic E-state index is 0.125. The maximum absolute atomic E-state index is 12.0. The first-order valence-corrected chi connectivity index (χ1v) is 7.88. The molecule has 6 heteroatoms. The van der Waals surface area contributed by atoms with Crippen LogP contribution in [0.3, 0.4) is 0 Å². The normalized spacial score (nSPS) is 10.7. The minimum atomic E-state index is -0.370. The fourth-order valence-electron chi connectivity index (χ4n) is 2.32. The second-order valence-electron chi connectivity index (χ2n) is 5.28. The average Bonchev–Trinajstić information content (AvgIpc) is 2.59. The highest BCUT2D eigenvalue weighted by atomic mass is 35.5. The molecule has 0 aliphatic carbocycles. The number of esters is 1. The lowest BCUT2D eigenvalue weighted by Gasteiger charge is -2.06. The first kappa shape index (κ1) is 16.2. The molecule has 1 N–H and O–H groups in total. The van der Waals surface area contributed by atoms with Crippen LogP contribution in [-0.4, -0.2) is 15.9 Å². The maximum atomic E-state index is 12.0. The number of carbonyl (C=O) groups is 1. The molecule has 0 amide bonds. The Morgan fingerprint density at radius 2 is 1.88 bits per heavy atom. The van der Waals surface area contributed by atoms with E-state index in [0.717, 1.165) is 5.56 Å². The highest BCUT2D eigenvalue weighted by Crippen LogP contribution is 2.16. The summed E-state index contributed by atoms with van der Waals surface area (Å²) in [4.78, 5) is 30.9. The number of para-hydroxylation sites is 1. The molecule has 0 atom stereocenters. The lowest BCUT2D eigenvalue weighted by molar-refractivity contribution is -0.144. The summed E-state index contributed by atoms with van der Waals surface area (Å²) in [6.07, 6.45) is 0.438. The number of H-pyrrole nitrogens is 1. The molecule has 0 aliphatic rings. The van der Waals surface area contributed by atoms with Crippen LogP contribution in [0.25, 0.3) is 10.9 Å². The van der Waals surface area contributed by atoms with Gasteiger partial charge in [0.05, 0.1) is 17.3 Å². The molecular formula is C18H15ClN2O3. The van der Waals surface area contributed by atoms with E-state index >= 15 is 0 Å². The van der Waals surface area contributed by atoms with Gasteiger partial charge in [-0.3, -0.25) is 9.59 Å². The van der Waals surface area contributed by atoms with Crippen molar-refractivity contribution in [3.05, 3.63) is 75.3 Å². The first-order chi connectivity index (χ1) is 11.6. The van der Waals surface area contributed by atoms with Crippen LogP contribution in [0.4, 0.5) is 0 Å². The molecule has 3 aromatic rings. The molecule has 0 spiro atoms. The van der Waals surface area contributed by atoms with Gasteiger partial charge in [-0.15, -0.1) is 0 Å². The van der Waals surface area contributed by atoms with E-state index in [-0.39, 0.29) is 24.6 Å². The summed E-state index contributed by atoms with van der Waals surface area (Å²) in [6.45, 7) is 0.125. The van der Waals surface area contributed by atoms with Gasteiger partial charge in [0.2, 0.25) is 0 Å². The Morgan fingerprint density at radius 1 is 1.12 bits per heavy atom. The van der Waals surface area contributed by atoms with E-state index in [4.69, 9.17) is 16.3 Å². The third kappa shape index (κ3) is 3.81. The summed E-state index contributed by atoms with van der Waals surface area (Å²) in [7, 11) is 0. The van der Waals surface area contributed by atoms with Crippen LogP contribution < -0.4 is 5.56 Å². The second-order valence-corrected chi connectivity index (χ2v) is 5.69. The molecule has 24 heavy (non-hydrogen) atoms. The number of ether oxygens (including phenoxy) is 1. The molecule has 3 rings (SSSR count). The number of hydrogen-bond acceptors (Lipinski definition) is 4. The molecule has 0 fully saturated rings. The number of fused-ring (bicyclic) bond motifs is 1. The topological polar surface area (TPSA) is 72.0 Å². The van der Waals surface area contributed by atoms with Gasteiger partial charge in [0.15, 0.2) is 0 Å². The highest BCUT2D eigenvalue weighted by molar-refractivity contribution is 6.31. The van der Waals surface area contributed by atoms with Crippen molar-refractivity contribution in [2.24, 2.45) is 0 Å². The number of aryl methyl sites for hydroxylation is 1. The van der Waals surface area contributed by atoms with Crippen LogP contribution in [0, 0.1) is 0 Å². The van der Waals surface area contributed by atoms with Crippen molar-refractivity contribution in [1.82, 2.24) is 9.97 Å². The van der Waals surface area contributed by atoms with E-state index < -0.39 is 0 Å². The summed E-state index contributed by atoms with van der Waals surface area (Å²) in [5.74, 6) is 0.0964. The Morgan fingerprint density at radius 3 is 2.71 bits per heavy atom. The van der Waals surface area contributed by atoms with Crippen LogP contribution in [0.1, 0.15) is 17.8 Å². The monoisotopic (exact) mass is 342 g/mol. The van der Waals surface area contributed by atoms with Gasteiger partial charge in [-0.05, 0) is 18.2 Å². The summed E-state index contributed by atoms with van der Waals surface area (Å²) in [6, 6.07) is 14.3. The molecule has 0 aliphatic heterocycles. The molecule has 0 saturated heterocycles. The SMILES string of the molecule is O=C(CCc1nc2ccccc2c(=O)[nH]1)OCc1ccccc1Cl. The van der Waals surface area contributed by atoms with Crippen molar-refractivity contribution in [1.29, 1.82) is 0 Å². The van der Waals surface area contributed by atoms with Gasteiger partial charge in [0.25, 0.3) is 5.56 Å². The van der Waals surface area contributed by atoms with Crippen LogP contribution >= 0.6 is 11.6 Å². The number of aromatic nitrogens is 2. The fourth-order valence-corrected chi connectivity index (χ4v) is 2.51. The number of hydrogen-bond donors (Lipinski definition) is 1. The molecule has 0 unspecified atom stereocenters. The van der Waals surface area contributed by atoms with Crippen molar-refractivity contribution in [2.75, 3.05) is 0 Å².